The third-order valence-corrected chi connectivity index (χ3v) is 5.40. The van der Waals surface area contributed by atoms with Gasteiger partial charge in [-0.05, 0) is 42.5 Å². The molecule has 30 heavy (non-hydrogen) atoms. The van der Waals surface area contributed by atoms with Crippen LogP contribution in [0.3, 0.4) is 0 Å². The largest absolute Gasteiger partial charge is 0.361 e. The molecule has 1 aromatic heterocycles. The Kier molecular flexibility index (Phi) is 7.73. The van der Waals surface area contributed by atoms with Crippen molar-refractivity contribution in [1.82, 2.24) is 15.6 Å². The molecule has 0 saturated carbocycles. The number of halogens is 1. The molecule has 0 aliphatic carbocycles. The highest BCUT2D eigenvalue weighted by Gasteiger charge is 2.21. The minimum atomic E-state index is 0. The number of nitrogens with one attached hydrogen (secondary N) is 3. The molecular weight excluding hydrogens is 489 g/mol. The predicted molar refractivity (Wildman–Crippen MR) is 134 cm³/mol. The third-order valence-electron chi connectivity index (χ3n) is 5.40. The van der Waals surface area contributed by atoms with Crippen molar-refractivity contribution < 1.29 is 4.79 Å². The number of H-pyrrole nitrogens is 1. The number of anilines is 1. The van der Waals surface area contributed by atoms with Crippen molar-refractivity contribution in [2.45, 2.75) is 19.3 Å². The van der Waals surface area contributed by atoms with Crippen LogP contribution in [-0.4, -0.2) is 43.5 Å². The molecule has 0 atom stereocenters. The standard InChI is InChI=1S/C23H27N5O.HI/c1-24-23(25-13-12-18-15-26-20-10-4-3-9-19(18)20)27-16-22(29)28-14-6-8-17-7-2-5-11-21(17)28;/h2-5,7,9-11,15,26H,6,8,12-14,16H2,1H3,(H2,24,25,27);1H. The first kappa shape index (κ1) is 22.1. The summed E-state index contributed by atoms with van der Waals surface area (Å²) in [6.07, 6.45) is 4.96. The van der Waals surface area contributed by atoms with E-state index in [0.29, 0.717) is 5.96 Å². The molecule has 2 heterocycles. The molecule has 0 saturated heterocycles. The van der Waals surface area contributed by atoms with E-state index in [1.54, 1.807) is 7.05 Å². The zero-order chi connectivity index (χ0) is 20.1. The van der Waals surface area contributed by atoms with E-state index in [-0.39, 0.29) is 36.4 Å². The summed E-state index contributed by atoms with van der Waals surface area (Å²) in [5.74, 6) is 0.709. The highest BCUT2D eigenvalue weighted by Crippen LogP contribution is 2.26. The summed E-state index contributed by atoms with van der Waals surface area (Å²) < 4.78 is 0. The quantitative estimate of drug-likeness (QED) is 0.276. The average molecular weight is 517 g/mol. The van der Waals surface area contributed by atoms with Crippen molar-refractivity contribution in [3.8, 4) is 0 Å². The number of carbonyl (C=O) groups excluding carboxylic acids is 1. The smallest absolute Gasteiger partial charge is 0.246 e. The Morgan fingerprint density at radius 2 is 1.93 bits per heavy atom. The zero-order valence-corrected chi connectivity index (χ0v) is 19.5. The molecule has 0 spiro atoms. The van der Waals surface area contributed by atoms with Gasteiger partial charge in [-0.15, -0.1) is 24.0 Å². The molecule has 2 aromatic carbocycles. The number of para-hydroxylation sites is 2. The highest BCUT2D eigenvalue weighted by molar-refractivity contribution is 14.0. The topological polar surface area (TPSA) is 72.5 Å². The molecule has 0 radical (unpaired) electrons. The minimum absolute atomic E-state index is 0. The summed E-state index contributed by atoms with van der Waals surface area (Å²) in [4.78, 5) is 22.2. The van der Waals surface area contributed by atoms with Gasteiger partial charge in [0.25, 0.3) is 0 Å². The number of aliphatic imine (C=N–C) groups is 1. The predicted octanol–water partition coefficient (Wildman–Crippen LogP) is 3.47. The Morgan fingerprint density at radius 3 is 2.80 bits per heavy atom. The van der Waals surface area contributed by atoms with Crippen LogP contribution in [0.15, 0.2) is 59.7 Å². The molecule has 0 bridgehead atoms. The average Bonchev–Trinajstić information content (AvgIpc) is 3.18. The van der Waals surface area contributed by atoms with Crippen LogP contribution in [0.4, 0.5) is 5.69 Å². The number of hydrogen-bond acceptors (Lipinski definition) is 2. The van der Waals surface area contributed by atoms with Gasteiger partial charge < -0.3 is 20.5 Å². The number of guanidine groups is 1. The van der Waals surface area contributed by atoms with Crippen molar-refractivity contribution in [3.05, 3.63) is 65.9 Å². The maximum atomic E-state index is 12.8. The van der Waals surface area contributed by atoms with Crippen molar-refractivity contribution >= 4 is 52.4 Å². The van der Waals surface area contributed by atoms with E-state index in [9.17, 15) is 4.79 Å². The Morgan fingerprint density at radius 1 is 1.13 bits per heavy atom. The summed E-state index contributed by atoms with van der Waals surface area (Å²) >= 11 is 0. The van der Waals surface area contributed by atoms with Gasteiger partial charge >= 0.3 is 0 Å². The number of amides is 1. The summed E-state index contributed by atoms with van der Waals surface area (Å²) in [6, 6.07) is 16.4. The number of aryl methyl sites for hydroxylation is 1. The van der Waals surface area contributed by atoms with E-state index in [1.807, 2.05) is 29.2 Å². The molecule has 1 aliphatic heterocycles. The van der Waals surface area contributed by atoms with Crippen molar-refractivity contribution in [1.29, 1.82) is 0 Å². The molecule has 3 N–H and O–H groups in total. The maximum absolute atomic E-state index is 12.8. The lowest BCUT2D eigenvalue weighted by Gasteiger charge is -2.29. The maximum Gasteiger partial charge on any atom is 0.246 e. The first-order chi connectivity index (χ1) is 14.3. The van der Waals surface area contributed by atoms with Crippen LogP contribution in [0.1, 0.15) is 17.5 Å². The van der Waals surface area contributed by atoms with Crippen LogP contribution < -0.4 is 15.5 Å². The normalized spacial score (nSPS) is 13.5. The van der Waals surface area contributed by atoms with Crippen LogP contribution in [0, 0.1) is 0 Å². The van der Waals surface area contributed by atoms with Gasteiger partial charge in [0.1, 0.15) is 0 Å². The Labute approximate surface area is 194 Å². The number of hydrogen-bond donors (Lipinski definition) is 3. The van der Waals surface area contributed by atoms with Crippen LogP contribution in [0.5, 0.6) is 0 Å². The van der Waals surface area contributed by atoms with E-state index in [1.165, 1.54) is 16.5 Å². The van der Waals surface area contributed by atoms with Crippen LogP contribution in [0.2, 0.25) is 0 Å². The lowest BCUT2D eigenvalue weighted by Crippen LogP contribution is -2.46. The van der Waals surface area contributed by atoms with Gasteiger partial charge in [-0.2, -0.15) is 0 Å². The van der Waals surface area contributed by atoms with Gasteiger partial charge in [0, 0.05) is 42.9 Å². The van der Waals surface area contributed by atoms with Gasteiger partial charge in [0.15, 0.2) is 5.96 Å². The van der Waals surface area contributed by atoms with E-state index < -0.39 is 0 Å². The fourth-order valence-corrected chi connectivity index (χ4v) is 3.92. The van der Waals surface area contributed by atoms with E-state index in [0.717, 1.165) is 43.6 Å². The van der Waals surface area contributed by atoms with E-state index in [2.05, 4.69) is 51.1 Å². The Balaban J connectivity index is 0.00000256. The molecule has 158 valence electrons. The Bertz CT molecular complexity index is 1030. The summed E-state index contributed by atoms with van der Waals surface area (Å²) in [7, 11) is 1.72. The summed E-state index contributed by atoms with van der Waals surface area (Å²) in [5.41, 5.74) is 4.70. The second-order valence-electron chi connectivity index (χ2n) is 7.24. The summed E-state index contributed by atoms with van der Waals surface area (Å²) in [6.45, 7) is 1.73. The van der Waals surface area contributed by atoms with Gasteiger partial charge in [-0.3, -0.25) is 9.79 Å². The van der Waals surface area contributed by atoms with Gasteiger partial charge in [0.05, 0.1) is 6.54 Å². The van der Waals surface area contributed by atoms with Gasteiger partial charge in [-0.1, -0.05) is 36.4 Å². The number of aromatic nitrogens is 1. The monoisotopic (exact) mass is 517 g/mol. The SMILES string of the molecule is CN=C(NCCc1c[nH]c2ccccc12)NCC(=O)N1CCCc2ccccc21.I. The van der Waals surface area contributed by atoms with Gasteiger partial charge in [0.2, 0.25) is 5.91 Å². The number of nitrogens with zero attached hydrogens (tertiary/aromatic N) is 2. The molecule has 4 rings (SSSR count). The molecule has 3 aromatic rings. The Hall–Kier alpha value is -2.55. The molecule has 1 aliphatic rings. The molecule has 1 amide bonds. The van der Waals surface area contributed by atoms with Crippen LogP contribution in [0.25, 0.3) is 10.9 Å². The second kappa shape index (κ2) is 10.5. The zero-order valence-electron chi connectivity index (χ0n) is 17.1. The van der Waals surface area contributed by atoms with Crippen LogP contribution >= 0.6 is 24.0 Å². The number of aromatic amines is 1. The van der Waals surface area contributed by atoms with Crippen LogP contribution in [-0.2, 0) is 17.6 Å². The highest BCUT2D eigenvalue weighted by atomic mass is 127. The second-order valence-corrected chi connectivity index (χ2v) is 7.24. The number of benzene rings is 2. The van der Waals surface area contributed by atoms with E-state index >= 15 is 0 Å². The lowest BCUT2D eigenvalue weighted by atomic mass is 10.0. The number of fused-ring (bicyclic) bond motifs is 2. The van der Waals surface area contributed by atoms with Crippen molar-refractivity contribution in [2.75, 3.05) is 31.6 Å². The molecule has 0 fully saturated rings. The number of rotatable bonds is 5. The first-order valence-corrected chi connectivity index (χ1v) is 10.1. The molecule has 0 unspecified atom stereocenters. The first-order valence-electron chi connectivity index (χ1n) is 10.1. The summed E-state index contributed by atoms with van der Waals surface area (Å²) in [5, 5.41) is 7.71. The fraction of sp³-hybridized carbons (Fsp3) is 0.304. The molecule has 7 heteroatoms. The van der Waals surface area contributed by atoms with Crippen molar-refractivity contribution in [2.24, 2.45) is 4.99 Å². The third kappa shape index (κ3) is 4.95. The fourth-order valence-electron chi connectivity index (χ4n) is 3.92. The molecule has 6 nitrogen and oxygen atoms in total. The van der Waals surface area contributed by atoms with Crippen molar-refractivity contribution in [3.63, 3.8) is 0 Å². The molecular formula is C23H28IN5O. The van der Waals surface area contributed by atoms with Gasteiger partial charge in [-0.25, -0.2) is 0 Å². The minimum Gasteiger partial charge on any atom is -0.361 e. The number of carbonyl (C=O) groups is 1. The van der Waals surface area contributed by atoms with E-state index in [4.69, 9.17) is 0 Å². The lowest BCUT2D eigenvalue weighted by molar-refractivity contribution is -0.117.